The van der Waals surface area contributed by atoms with E-state index in [2.05, 4.69) is 78.2 Å². The predicted molar refractivity (Wildman–Crippen MR) is 101 cm³/mol. The number of rotatable bonds is 1. The van der Waals surface area contributed by atoms with Crippen molar-refractivity contribution in [3.05, 3.63) is 84.4 Å². The molecule has 2 heteroatoms. The summed E-state index contributed by atoms with van der Waals surface area (Å²) in [6.07, 6.45) is 0. The molecule has 0 N–H and O–H groups in total. The van der Waals surface area contributed by atoms with E-state index in [1.54, 1.807) is 0 Å². The largest absolute Gasteiger partial charge is 0.294 e. The predicted octanol–water partition coefficient (Wildman–Crippen LogP) is 5.64. The van der Waals surface area contributed by atoms with Gasteiger partial charge in [-0.3, -0.25) is 4.57 Å². The van der Waals surface area contributed by atoms with E-state index in [0.29, 0.717) is 0 Å². The van der Waals surface area contributed by atoms with Gasteiger partial charge in [-0.2, -0.15) is 0 Å². The Balaban J connectivity index is 2.03. The van der Waals surface area contributed by atoms with Crippen LogP contribution in [0.25, 0.3) is 38.5 Å². The van der Waals surface area contributed by atoms with Crippen LogP contribution in [0.15, 0.2) is 78.9 Å². The van der Waals surface area contributed by atoms with E-state index < -0.39 is 0 Å². The Bertz CT molecular complexity index is 1200. The van der Waals surface area contributed by atoms with E-state index in [0.717, 1.165) is 16.9 Å². The van der Waals surface area contributed by atoms with Crippen molar-refractivity contribution in [1.29, 1.82) is 0 Å². The molecule has 0 amide bonds. The zero-order valence-electron chi connectivity index (χ0n) is 13.4. The van der Waals surface area contributed by atoms with Crippen molar-refractivity contribution >= 4 is 32.8 Å². The molecular weight excluding hydrogens is 292 g/mol. The monoisotopic (exact) mass is 308 g/mol. The molecule has 2 nitrogen and oxygen atoms in total. The fourth-order valence-corrected chi connectivity index (χ4v) is 3.49. The molecule has 0 aliphatic rings. The fraction of sp³-hybridized carbons (Fsp3) is 0.0455. The van der Waals surface area contributed by atoms with E-state index in [1.807, 2.05) is 12.1 Å². The molecule has 5 rings (SSSR count). The minimum absolute atomic E-state index is 1.01. The zero-order valence-corrected chi connectivity index (χ0v) is 13.4. The van der Waals surface area contributed by atoms with Gasteiger partial charge in [-0.1, -0.05) is 48.0 Å². The summed E-state index contributed by atoms with van der Waals surface area (Å²) >= 11 is 0. The molecule has 0 fully saturated rings. The van der Waals surface area contributed by atoms with E-state index >= 15 is 0 Å². The summed E-state index contributed by atoms with van der Waals surface area (Å²) in [6, 6.07) is 27.7. The van der Waals surface area contributed by atoms with Crippen LogP contribution in [-0.2, 0) is 0 Å². The highest BCUT2D eigenvalue weighted by Crippen LogP contribution is 2.33. The van der Waals surface area contributed by atoms with Gasteiger partial charge in [-0.05, 0) is 43.3 Å². The Morgan fingerprint density at radius 3 is 2.42 bits per heavy atom. The second kappa shape index (κ2) is 4.93. The SMILES string of the molecule is Cc1ccc2c(c1)c1cc3ccccc3nc1n2-c1ccccc1. The maximum Gasteiger partial charge on any atom is 0.146 e. The topological polar surface area (TPSA) is 17.8 Å². The molecule has 0 aliphatic carbocycles. The first-order valence-corrected chi connectivity index (χ1v) is 8.17. The Kier molecular flexibility index (Phi) is 2.74. The highest BCUT2D eigenvalue weighted by Gasteiger charge is 2.14. The van der Waals surface area contributed by atoms with Crippen LogP contribution in [0.3, 0.4) is 0 Å². The maximum absolute atomic E-state index is 4.98. The summed E-state index contributed by atoms with van der Waals surface area (Å²) in [6.45, 7) is 2.14. The molecule has 2 aromatic heterocycles. The molecule has 0 aliphatic heterocycles. The first-order valence-electron chi connectivity index (χ1n) is 8.17. The van der Waals surface area contributed by atoms with Crippen LogP contribution in [0.4, 0.5) is 0 Å². The fourth-order valence-electron chi connectivity index (χ4n) is 3.49. The van der Waals surface area contributed by atoms with Gasteiger partial charge in [0.05, 0.1) is 11.0 Å². The average molecular weight is 308 g/mol. The molecule has 3 aromatic carbocycles. The number of nitrogens with zero attached hydrogens (tertiary/aromatic N) is 2. The molecule has 0 saturated heterocycles. The lowest BCUT2D eigenvalue weighted by Gasteiger charge is -2.07. The molecule has 0 atom stereocenters. The third-order valence-electron chi connectivity index (χ3n) is 4.61. The Morgan fingerprint density at radius 2 is 1.54 bits per heavy atom. The number of aryl methyl sites for hydroxylation is 1. The molecule has 114 valence electrons. The van der Waals surface area contributed by atoms with E-state index in [1.165, 1.54) is 27.2 Å². The average Bonchev–Trinajstić information content (AvgIpc) is 2.93. The zero-order chi connectivity index (χ0) is 16.1. The molecule has 0 bridgehead atoms. The van der Waals surface area contributed by atoms with Crippen LogP contribution < -0.4 is 0 Å². The van der Waals surface area contributed by atoms with Gasteiger partial charge in [-0.25, -0.2) is 4.98 Å². The Hall–Kier alpha value is -3.13. The summed E-state index contributed by atoms with van der Waals surface area (Å²) in [5.74, 6) is 0. The summed E-state index contributed by atoms with van der Waals surface area (Å²) in [4.78, 5) is 4.98. The van der Waals surface area contributed by atoms with Crippen LogP contribution in [0.1, 0.15) is 5.56 Å². The van der Waals surface area contributed by atoms with Gasteiger partial charge >= 0.3 is 0 Å². The molecular formula is C22H16N2. The minimum atomic E-state index is 1.01. The van der Waals surface area contributed by atoms with Gasteiger partial charge in [0, 0.05) is 21.8 Å². The van der Waals surface area contributed by atoms with Crippen molar-refractivity contribution in [2.45, 2.75) is 6.92 Å². The standard InChI is InChI=1S/C22H16N2/c1-15-11-12-21-18(13-15)19-14-16-7-5-6-10-20(16)23-22(19)24(21)17-8-3-2-4-9-17/h2-14H,1H3. The van der Waals surface area contributed by atoms with Gasteiger partial charge < -0.3 is 0 Å². The number of para-hydroxylation sites is 2. The molecule has 2 heterocycles. The van der Waals surface area contributed by atoms with Crippen LogP contribution in [0, 0.1) is 6.92 Å². The first-order chi connectivity index (χ1) is 11.8. The number of benzene rings is 3. The second-order valence-electron chi connectivity index (χ2n) is 6.24. The number of hydrogen-bond donors (Lipinski definition) is 0. The van der Waals surface area contributed by atoms with Gasteiger partial charge in [0.25, 0.3) is 0 Å². The molecule has 5 aromatic rings. The Morgan fingerprint density at radius 1 is 0.750 bits per heavy atom. The van der Waals surface area contributed by atoms with Gasteiger partial charge in [0.1, 0.15) is 5.65 Å². The lowest BCUT2D eigenvalue weighted by molar-refractivity contribution is 1.15. The summed E-state index contributed by atoms with van der Waals surface area (Å²) < 4.78 is 2.26. The van der Waals surface area contributed by atoms with Crippen molar-refractivity contribution < 1.29 is 0 Å². The van der Waals surface area contributed by atoms with Crippen molar-refractivity contribution in [3.8, 4) is 5.69 Å². The highest BCUT2D eigenvalue weighted by atomic mass is 15.0. The first kappa shape index (κ1) is 13.3. The smallest absolute Gasteiger partial charge is 0.146 e. The lowest BCUT2D eigenvalue weighted by Crippen LogP contribution is -1.95. The molecule has 24 heavy (non-hydrogen) atoms. The van der Waals surface area contributed by atoms with Crippen molar-refractivity contribution in [2.75, 3.05) is 0 Å². The summed E-state index contributed by atoms with van der Waals surface area (Å²) in [5, 5.41) is 3.64. The van der Waals surface area contributed by atoms with Gasteiger partial charge in [0.15, 0.2) is 0 Å². The lowest BCUT2D eigenvalue weighted by atomic mass is 10.1. The summed E-state index contributed by atoms with van der Waals surface area (Å²) in [5.41, 5.74) is 5.65. The number of aromatic nitrogens is 2. The van der Waals surface area contributed by atoms with Crippen molar-refractivity contribution in [3.63, 3.8) is 0 Å². The summed E-state index contributed by atoms with van der Waals surface area (Å²) in [7, 11) is 0. The third-order valence-corrected chi connectivity index (χ3v) is 4.61. The quantitative estimate of drug-likeness (QED) is 0.392. The van der Waals surface area contributed by atoms with E-state index in [-0.39, 0.29) is 0 Å². The third kappa shape index (κ3) is 1.86. The number of fused-ring (bicyclic) bond motifs is 4. The minimum Gasteiger partial charge on any atom is -0.294 e. The van der Waals surface area contributed by atoms with Crippen molar-refractivity contribution in [1.82, 2.24) is 9.55 Å². The normalized spacial score (nSPS) is 11.5. The molecule has 0 saturated carbocycles. The maximum atomic E-state index is 4.98. The van der Waals surface area contributed by atoms with Crippen LogP contribution in [0.2, 0.25) is 0 Å². The van der Waals surface area contributed by atoms with Gasteiger partial charge in [-0.15, -0.1) is 0 Å². The number of hydrogen-bond acceptors (Lipinski definition) is 1. The molecule has 0 unspecified atom stereocenters. The van der Waals surface area contributed by atoms with Crippen LogP contribution >= 0.6 is 0 Å². The number of pyridine rings is 1. The van der Waals surface area contributed by atoms with Gasteiger partial charge in [0.2, 0.25) is 0 Å². The van der Waals surface area contributed by atoms with E-state index in [9.17, 15) is 0 Å². The van der Waals surface area contributed by atoms with E-state index in [4.69, 9.17) is 4.98 Å². The van der Waals surface area contributed by atoms with Crippen LogP contribution in [0.5, 0.6) is 0 Å². The Labute approximate surface area is 140 Å². The van der Waals surface area contributed by atoms with Crippen LogP contribution in [-0.4, -0.2) is 9.55 Å². The van der Waals surface area contributed by atoms with Crippen molar-refractivity contribution in [2.24, 2.45) is 0 Å². The molecule has 0 spiro atoms. The molecule has 0 radical (unpaired) electrons. The second-order valence-corrected chi connectivity index (χ2v) is 6.24. The highest BCUT2D eigenvalue weighted by molar-refractivity contribution is 6.11.